The molecule has 0 spiro atoms. The highest BCUT2D eigenvalue weighted by Gasteiger charge is 2.49. The Bertz CT molecular complexity index is 769. The lowest BCUT2D eigenvalue weighted by atomic mass is 10.1. The number of carbonyl (C=O) groups is 2. The summed E-state index contributed by atoms with van der Waals surface area (Å²) in [5.41, 5.74) is -0.929. The Hall–Kier alpha value is -1.34. The maximum absolute atomic E-state index is 13.2. The molecule has 7 nitrogen and oxygen atoms in total. The van der Waals surface area contributed by atoms with E-state index < -0.39 is 38.7 Å². The first-order valence-corrected chi connectivity index (χ1v) is 8.72. The Morgan fingerprint density at radius 1 is 1.21 bits per heavy atom. The summed E-state index contributed by atoms with van der Waals surface area (Å²) in [4.78, 5) is 23.2. The summed E-state index contributed by atoms with van der Waals surface area (Å²) in [6.07, 6.45) is 0. The van der Waals surface area contributed by atoms with Gasteiger partial charge in [-0.1, -0.05) is 0 Å². The van der Waals surface area contributed by atoms with Gasteiger partial charge >= 0.3 is 17.2 Å². The van der Waals surface area contributed by atoms with Gasteiger partial charge in [0, 0.05) is 0 Å². The number of alkyl halides is 2. The summed E-state index contributed by atoms with van der Waals surface area (Å²) in [7, 11) is -6.24. The first-order valence-electron chi connectivity index (χ1n) is 6.23. The monoisotopic (exact) mass is 477 g/mol. The maximum Gasteiger partial charge on any atom is 0.429 e. The quantitative estimate of drug-likeness (QED) is 0.283. The normalized spacial score (nSPS) is 12.6. The molecule has 0 aliphatic heterocycles. The lowest BCUT2D eigenvalue weighted by Crippen LogP contribution is -2.40. The Morgan fingerprint density at radius 2 is 1.75 bits per heavy atom. The van der Waals surface area contributed by atoms with Crippen molar-refractivity contribution in [3.8, 4) is 5.75 Å². The molecule has 11 heteroatoms. The highest BCUT2D eigenvalue weighted by Crippen LogP contribution is 2.28. The predicted molar refractivity (Wildman–Crippen MR) is 84.6 cm³/mol. The van der Waals surface area contributed by atoms with Crippen LogP contribution in [0.3, 0.4) is 0 Å². The summed E-state index contributed by atoms with van der Waals surface area (Å²) < 4.78 is 67.0. The Labute approximate surface area is 150 Å². The second kappa shape index (κ2) is 6.88. The summed E-state index contributed by atoms with van der Waals surface area (Å²) in [6, 6.07) is 3.50. The van der Waals surface area contributed by atoms with Crippen molar-refractivity contribution in [2.24, 2.45) is 0 Å². The first kappa shape index (κ1) is 20.7. The summed E-state index contributed by atoms with van der Waals surface area (Å²) in [6.45, 7) is 4.83. The van der Waals surface area contributed by atoms with Crippen LogP contribution in [-0.2, 0) is 19.6 Å². The van der Waals surface area contributed by atoms with Crippen molar-refractivity contribution in [3.63, 3.8) is 0 Å². The highest BCUT2D eigenvalue weighted by molar-refractivity contribution is 14.1. The topological polar surface area (TPSA) is 110 Å². The number of hydrogen-bond donors (Lipinski definition) is 0. The van der Waals surface area contributed by atoms with Crippen molar-refractivity contribution in [3.05, 3.63) is 27.3 Å². The summed E-state index contributed by atoms with van der Waals surface area (Å²) in [5.74, 6) is -3.87. The van der Waals surface area contributed by atoms with E-state index in [4.69, 9.17) is 4.74 Å². The van der Waals surface area contributed by atoms with Crippen LogP contribution in [0.1, 0.15) is 31.1 Å². The molecule has 0 saturated heterocycles. The van der Waals surface area contributed by atoms with Gasteiger partial charge in [0.1, 0.15) is 11.4 Å². The molecule has 0 saturated carbocycles. The number of benzene rings is 1. The van der Waals surface area contributed by atoms with Gasteiger partial charge in [-0.2, -0.15) is 8.78 Å². The van der Waals surface area contributed by atoms with E-state index in [2.05, 4.69) is 4.74 Å². The second-order valence-corrected chi connectivity index (χ2v) is 8.09. The van der Waals surface area contributed by atoms with Crippen molar-refractivity contribution in [1.29, 1.82) is 0 Å². The summed E-state index contributed by atoms with van der Waals surface area (Å²) in [5, 5.41) is -5.25. The fraction of sp³-hybridized carbons (Fsp3) is 0.385. The molecular formula is C13H12F2IO7S-. The zero-order valence-electron chi connectivity index (χ0n) is 12.6. The van der Waals surface area contributed by atoms with Crippen LogP contribution in [0.4, 0.5) is 8.78 Å². The molecule has 0 aliphatic carbocycles. The van der Waals surface area contributed by atoms with E-state index in [1.807, 2.05) is 0 Å². The van der Waals surface area contributed by atoms with Crippen LogP contribution in [0.25, 0.3) is 0 Å². The van der Waals surface area contributed by atoms with Gasteiger partial charge in [-0.25, -0.2) is 18.0 Å². The number of hydrogen-bond acceptors (Lipinski definition) is 7. The molecule has 24 heavy (non-hydrogen) atoms. The van der Waals surface area contributed by atoms with Crippen LogP contribution >= 0.6 is 22.6 Å². The molecule has 1 aromatic carbocycles. The molecule has 0 unspecified atom stereocenters. The van der Waals surface area contributed by atoms with E-state index >= 15 is 0 Å². The standard InChI is InChI=1S/C13H13F2IO7S/c1-12(2,3)23-10(17)7-4-5-8(16)9(6-7)22-11(18)13(14,15)24(19,20)21/h4-6H,1-3H3,(H,19,20,21)/p-1. The third-order valence-electron chi connectivity index (χ3n) is 2.32. The largest absolute Gasteiger partial charge is 0.743 e. The Kier molecular flexibility index (Phi) is 5.93. The predicted octanol–water partition coefficient (Wildman–Crippen LogP) is 2.29. The Morgan fingerprint density at radius 3 is 2.21 bits per heavy atom. The van der Waals surface area contributed by atoms with Gasteiger partial charge in [-0.05, 0) is 61.6 Å². The lowest BCUT2D eigenvalue weighted by molar-refractivity contribution is -0.151. The van der Waals surface area contributed by atoms with Crippen molar-refractivity contribution in [2.75, 3.05) is 0 Å². The van der Waals surface area contributed by atoms with Crippen LogP contribution in [0.15, 0.2) is 18.2 Å². The number of carbonyl (C=O) groups excluding carboxylic acids is 2. The van der Waals surface area contributed by atoms with Gasteiger partial charge in [-0.3, -0.25) is 0 Å². The minimum Gasteiger partial charge on any atom is -0.743 e. The van der Waals surface area contributed by atoms with E-state index in [0.717, 1.165) is 6.07 Å². The molecule has 0 radical (unpaired) electrons. The van der Waals surface area contributed by atoms with Crippen molar-refractivity contribution in [1.82, 2.24) is 0 Å². The van der Waals surface area contributed by atoms with E-state index in [0.29, 0.717) is 0 Å². The lowest BCUT2D eigenvalue weighted by Gasteiger charge is -2.20. The van der Waals surface area contributed by atoms with E-state index in [9.17, 15) is 31.3 Å². The molecule has 0 heterocycles. The average Bonchev–Trinajstić information content (AvgIpc) is 2.37. The van der Waals surface area contributed by atoms with Crippen LogP contribution in [0.5, 0.6) is 5.75 Å². The van der Waals surface area contributed by atoms with E-state index in [-0.39, 0.29) is 9.13 Å². The van der Waals surface area contributed by atoms with Crippen molar-refractivity contribution >= 4 is 44.6 Å². The molecule has 0 atom stereocenters. The molecule has 0 aliphatic rings. The average molecular weight is 477 g/mol. The van der Waals surface area contributed by atoms with Crippen LogP contribution in [-0.4, -0.2) is 35.8 Å². The highest BCUT2D eigenvalue weighted by atomic mass is 127. The van der Waals surface area contributed by atoms with E-state index in [1.54, 1.807) is 43.4 Å². The molecule has 0 amide bonds. The summed E-state index contributed by atoms with van der Waals surface area (Å²) >= 11 is 1.61. The zero-order chi connectivity index (χ0) is 18.9. The molecule has 0 fully saturated rings. The molecule has 0 N–H and O–H groups in total. The van der Waals surface area contributed by atoms with Gasteiger partial charge in [-0.15, -0.1) is 0 Å². The first-order chi connectivity index (χ1) is 10.6. The van der Waals surface area contributed by atoms with Crippen molar-refractivity contribution in [2.45, 2.75) is 31.6 Å². The second-order valence-electron chi connectivity index (χ2n) is 5.51. The SMILES string of the molecule is CC(C)(C)OC(=O)c1ccc(I)c(OC(=O)C(F)(F)S(=O)(=O)[O-])c1. The van der Waals surface area contributed by atoms with Gasteiger partial charge in [0.15, 0.2) is 10.1 Å². The fourth-order valence-electron chi connectivity index (χ4n) is 1.31. The third-order valence-corrected chi connectivity index (χ3v) is 4.01. The van der Waals surface area contributed by atoms with Crippen LogP contribution in [0.2, 0.25) is 0 Å². The molecule has 134 valence electrons. The molecule has 0 bridgehead atoms. The number of ether oxygens (including phenoxy) is 2. The van der Waals surface area contributed by atoms with Crippen LogP contribution in [0, 0.1) is 3.57 Å². The third kappa shape index (κ3) is 5.08. The smallest absolute Gasteiger partial charge is 0.429 e. The molecule has 1 aromatic rings. The Balaban J connectivity index is 3.12. The van der Waals surface area contributed by atoms with E-state index in [1.165, 1.54) is 12.1 Å². The number of esters is 2. The fourth-order valence-corrected chi connectivity index (χ4v) is 2.00. The number of halogens is 3. The number of rotatable bonds is 4. The van der Waals surface area contributed by atoms with Gasteiger partial charge in [0.05, 0.1) is 9.13 Å². The van der Waals surface area contributed by atoms with Crippen molar-refractivity contribution < 1.29 is 40.8 Å². The van der Waals surface area contributed by atoms with Crippen LogP contribution < -0.4 is 4.74 Å². The van der Waals surface area contributed by atoms with Gasteiger partial charge in [0.2, 0.25) is 0 Å². The molecule has 1 rings (SSSR count). The van der Waals surface area contributed by atoms with Gasteiger partial charge in [0.25, 0.3) is 0 Å². The molecule has 0 aromatic heterocycles. The van der Waals surface area contributed by atoms with Gasteiger partial charge < -0.3 is 14.0 Å². The molecular weight excluding hydrogens is 465 g/mol. The zero-order valence-corrected chi connectivity index (χ0v) is 15.6. The minimum atomic E-state index is -6.24. The maximum atomic E-state index is 13.2. The minimum absolute atomic E-state index is 0.110.